The summed E-state index contributed by atoms with van der Waals surface area (Å²) in [5.41, 5.74) is 5.39. The summed E-state index contributed by atoms with van der Waals surface area (Å²) < 4.78 is 0. The normalized spacial score (nSPS) is 11.3. The summed E-state index contributed by atoms with van der Waals surface area (Å²) in [4.78, 5) is 14.3. The fraction of sp³-hybridized carbons (Fsp3) is 0.750. The molecule has 70 valence electrons. The molecule has 4 heteroatoms. The van der Waals surface area contributed by atoms with Crippen molar-refractivity contribution in [2.75, 3.05) is 13.6 Å². The third-order valence-electron chi connectivity index (χ3n) is 1.50. The number of hydrogen-bond acceptors (Lipinski definition) is 2. The minimum Gasteiger partial charge on any atom is -0.370 e. The molecule has 0 aliphatic rings. The van der Waals surface area contributed by atoms with Gasteiger partial charge in [-0.25, -0.2) is 0 Å². The summed E-state index contributed by atoms with van der Waals surface area (Å²) in [7, 11) is 1.64. The first kappa shape index (κ1) is 10.9. The zero-order chi connectivity index (χ0) is 9.40. The number of unbranched alkanes of at least 4 members (excludes halogenated alkanes) is 1. The van der Waals surface area contributed by atoms with Gasteiger partial charge in [-0.15, -0.1) is 0 Å². The van der Waals surface area contributed by atoms with Crippen LogP contribution in [0.5, 0.6) is 0 Å². The van der Waals surface area contributed by atoms with E-state index in [9.17, 15) is 4.79 Å². The molecule has 0 radical (unpaired) electrons. The minimum atomic E-state index is 0.243. The SMILES string of the molecule is CN=C(N)NCCCCC(C)=O. The lowest BCUT2D eigenvalue weighted by atomic mass is 10.2. The number of Topliss-reactive ketones (excluding diaryl/α,β-unsaturated/α-hetero) is 1. The predicted octanol–water partition coefficient (Wildman–Crippen LogP) is 0.280. The molecule has 0 saturated carbocycles. The van der Waals surface area contributed by atoms with Crippen LogP contribution in [0.4, 0.5) is 0 Å². The van der Waals surface area contributed by atoms with Crippen LogP contribution in [0.3, 0.4) is 0 Å². The molecule has 0 aliphatic carbocycles. The maximum absolute atomic E-state index is 10.5. The van der Waals surface area contributed by atoms with E-state index in [-0.39, 0.29) is 5.78 Å². The number of carbonyl (C=O) groups is 1. The summed E-state index contributed by atoms with van der Waals surface area (Å²) in [6, 6.07) is 0. The summed E-state index contributed by atoms with van der Waals surface area (Å²) in [6.45, 7) is 2.39. The second-order valence-corrected chi connectivity index (χ2v) is 2.69. The number of aliphatic imine (C=N–C) groups is 1. The molecule has 0 heterocycles. The Hall–Kier alpha value is -1.06. The largest absolute Gasteiger partial charge is 0.370 e. The van der Waals surface area contributed by atoms with Crippen molar-refractivity contribution in [3.63, 3.8) is 0 Å². The molecule has 0 saturated heterocycles. The van der Waals surface area contributed by atoms with Crippen molar-refractivity contribution in [1.29, 1.82) is 0 Å². The molecule has 0 spiro atoms. The average Bonchev–Trinajstić information content (AvgIpc) is 2.03. The van der Waals surface area contributed by atoms with Gasteiger partial charge in [0.15, 0.2) is 5.96 Å². The van der Waals surface area contributed by atoms with Crippen LogP contribution in [-0.2, 0) is 4.79 Å². The van der Waals surface area contributed by atoms with Gasteiger partial charge in [0.2, 0.25) is 0 Å². The van der Waals surface area contributed by atoms with Gasteiger partial charge in [0.25, 0.3) is 0 Å². The minimum absolute atomic E-state index is 0.243. The van der Waals surface area contributed by atoms with Gasteiger partial charge >= 0.3 is 0 Å². The van der Waals surface area contributed by atoms with Crippen LogP contribution in [0, 0.1) is 0 Å². The molecular formula is C8H17N3O. The van der Waals surface area contributed by atoms with Crippen molar-refractivity contribution < 1.29 is 4.79 Å². The second-order valence-electron chi connectivity index (χ2n) is 2.69. The first-order chi connectivity index (χ1) is 5.66. The smallest absolute Gasteiger partial charge is 0.188 e. The van der Waals surface area contributed by atoms with Crippen molar-refractivity contribution in [2.45, 2.75) is 26.2 Å². The monoisotopic (exact) mass is 171 g/mol. The number of guanidine groups is 1. The van der Waals surface area contributed by atoms with Gasteiger partial charge in [-0.05, 0) is 19.8 Å². The number of nitrogens with zero attached hydrogens (tertiary/aromatic N) is 1. The van der Waals surface area contributed by atoms with E-state index in [0.29, 0.717) is 12.4 Å². The molecule has 0 bridgehead atoms. The van der Waals surface area contributed by atoms with E-state index in [2.05, 4.69) is 10.3 Å². The Kier molecular flexibility index (Phi) is 6.05. The highest BCUT2D eigenvalue weighted by atomic mass is 16.1. The van der Waals surface area contributed by atoms with Gasteiger partial charge in [-0.3, -0.25) is 4.99 Å². The van der Waals surface area contributed by atoms with Gasteiger partial charge < -0.3 is 15.8 Å². The zero-order valence-electron chi connectivity index (χ0n) is 7.76. The highest BCUT2D eigenvalue weighted by Gasteiger charge is 1.93. The van der Waals surface area contributed by atoms with Gasteiger partial charge in [0, 0.05) is 20.0 Å². The Labute approximate surface area is 73.2 Å². The summed E-state index contributed by atoms with van der Waals surface area (Å²) in [6.07, 6.45) is 2.53. The van der Waals surface area contributed by atoms with Crippen LogP contribution in [-0.4, -0.2) is 25.3 Å². The molecule has 0 atom stereocenters. The molecule has 12 heavy (non-hydrogen) atoms. The topological polar surface area (TPSA) is 67.5 Å². The van der Waals surface area contributed by atoms with Crippen molar-refractivity contribution >= 4 is 11.7 Å². The summed E-state index contributed by atoms with van der Waals surface area (Å²) in [5.74, 6) is 0.699. The zero-order valence-corrected chi connectivity index (χ0v) is 7.76. The fourth-order valence-corrected chi connectivity index (χ4v) is 0.794. The highest BCUT2D eigenvalue weighted by Crippen LogP contribution is 1.93. The lowest BCUT2D eigenvalue weighted by molar-refractivity contribution is -0.117. The standard InChI is InChI=1S/C8H17N3O/c1-7(12)5-3-4-6-11-8(9)10-2/h3-6H2,1-2H3,(H3,9,10,11). The Morgan fingerprint density at radius 3 is 2.67 bits per heavy atom. The van der Waals surface area contributed by atoms with Crippen LogP contribution in [0.2, 0.25) is 0 Å². The average molecular weight is 171 g/mol. The fourth-order valence-electron chi connectivity index (χ4n) is 0.794. The molecule has 0 rings (SSSR count). The van der Waals surface area contributed by atoms with E-state index in [1.54, 1.807) is 14.0 Å². The van der Waals surface area contributed by atoms with Crippen molar-refractivity contribution in [3.05, 3.63) is 0 Å². The predicted molar refractivity (Wildman–Crippen MR) is 50.1 cm³/mol. The van der Waals surface area contributed by atoms with Crippen LogP contribution in [0.15, 0.2) is 4.99 Å². The van der Waals surface area contributed by atoms with Crippen LogP contribution in [0.1, 0.15) is 26.2 Å². The van der Waals surface area contributed by atoms with Crippen molar-refractivity contribution in [1.82, 2.24) is 5.32 Å². The molecule has 0 aromatic rings. The number of rotatable bonds is 5. The third-order valence-corrected chi connectivity index (χ3v) is 1.50. The lowest BCUT2D eigenvalue weighted by Gasteiger charge is -2.02. The number of carbonyl (C=O) groups excluding carboxylic acids is 1. The van der Waals surface area contributed by atoms with Crippen LogP contribution < -0.4 is 11.1 Å². The Balaban J connectivity index is 3.16. The van der Waals surface area contributed by atoms with Crippen molar-refractivity contribution in [3.8, 4) is 0 Å². The molecule has 0 amide bonds. The van der Waals surface area contributed by atoms with E-state index >= 15 is 0 Å². The van der Waals surface area contributed by atoms with Crippen LogP contribution in [0.25, 0.3) is 0 Å². The third kappa shape index (κ3) is 7.05. The summed E-state index contributed by atoms with van der Waals surface area (Å²) in [5, 5.41) is 2.92. The molecule has 0 unspecified atom stereocenters. The van der Waals surface area contributed by atoms with Crippen LogP contribution >= 0.6 is 0 Å². The number of nitrogens with two attached hydrogens (primary N) is 1. The number of nitrogens with one attached hydrogen (secondary N) is 1. The lowest BCUT2D eigenvalue weighted by Crippen LogP contribution is -2.32. The highest BCUT2D eigenvalue weighted by molar-refractivity contribution is 5.77. The number of hydrogen-bond donors (Lipinski definition) is 2. The molecular weight excluding hydrogens is 154 g/mol. The Morgan fingerprint density at radius 2 is 2.17 bits per heavy atom. The Morgan fingerprint density at radius 1 is 1.50 bits per heavy atom. The second kappa shape index (κ2) is 6.64. The van der Waals surface area contributed by atoms with E-state index in [4.69, 9.17) is 5.73 Å². The molecule has 4 nitrogen and oxygen atoms in total. The van der Waals surface area contributed by atoms with E-state index in [1.165, 1.54) is 0 Å². The van der Waals surface area contributed by atoms with Crippen molar-refractivity contribution in [2.24, 2.45) is 10.7 Å². The first-order valence-electron chi connectivity index (χ1n) is 4.12. The molecule has 0 aliphatic heterocycles. The van der Waals surface area contributed by atoms with E-state index < -0.39 is 0 Å². The molecule has 0 fully saturated rings. The Bertz CT molecular complexity index is 166. The maximum Gasteiger partial charge on any atom is 0.188 e. The molecule has 3 N–H and O–H groups in total. The molecule has 0 aromatic heterocycles. The van der Waals surface area contributed by atoms with Gasteiger partial charge in [0.1, 0.15) is 5.78 Å². The van der Waals surface area contributed by atoms with Gasteiger partial charge in [0.05, 0.1) is 0 Å². The van der Waals surface area contributed by atoms with Gasteiger partial charge in [-0.2, -0.15) is 0 Å². The number of ketones is 1. The molecule has 0 aromatic carbocycles. The quantitative estimate of drug-likeness (QED) is 0.354. The first-order valence-corrected chi connectivity index (χ1v) is 4.12. The maximum atomic E-state index is 10.5. The van der Waals surface area contributed by atoms with E-state index in [0.717, 1.165) is 19.4 Å². The van der Waals surface area contributed by atoms with E-state index in [1.807, 2.05) is 0 Å². The van der Waals surface area contributed by atoms with Gasteiger partial charge in [-0.1, -0.05) is 0 Å². The summed E-state index contributed by atoms with van der Waals surface area (Å²) >= 11 is 0.